The van der Waals surface area contributed by atoms with E-state index in [9.17, 15) is 9.59 Å². The van der Waals surface area contributed by atoms with E-state index in [-0.39, 0.29) is 5.56 Å². The van der Waals surface area contributed by atoms with Crippen LogP contribution in [-0.2, 0) is 9.53 Å². The average molecular weight is 518 g/mol. The lowest BCUT2D eigenvalue weighted by atomic mass is 10.0. The summed E-state index contributed by atoms with van der Waals surface area (Å²) in [5.74, 6) is -0.471. The monoisotopic (exact) mass is 517 g/mol. The molecule has 4 aromatic rings. The van der Waals surface area contributed by atoms with Gasteiger partial charge in [-0.2, -0.15) is 0 Å². The van der Waals surface area contributed by atoms with Gasteiger partial charge in [-0.25, -0.2) is 9.79 Å². The number of hydrogen-bond acceptors (Lipinski definition) is 6. The zero-order valence-corrected chi connectivity index (χ0v) is 22.7. The molecule has 1 aliphatic heterocycles. The summed E-state index contributed by atoms with van der Waals surface area (Å²) < 4.78 is 9.51. The predicted molar refractivity (Wildman–Crippen MR) is 145 cm³/mol. The van der Waals surface area contributed by atoms with Gasteiger partial charge in [0, 0.05) is 22.0 Å². The number of ether oxygens (including phenoxy) is 1. The first-order valence-corrected chi connectivity index (χ1v) is 13.3. The van der Waals surface area contributed by atoms with Crippen LogP contribution in [-0.4, -0.2) is 22.2 Å². The van der Waals surface area contributed by atoms with Crippen LogP contribution in [0.1, 0.15) is 45.9 Å². The van der Waals surface area contributed by atoms with E-state index in [1.807, 2.05) is 23.6 Å². The number of hydrogen-bond donors (Lipinski definition) is 0. The smallest absolute Gasteiger partial charge is 0.338 e. The summed E-state index contributed by atoms with van der Waals surface area (Å²) in [6.07, 6.45) is 1.94. The summed E-state index contributed by atoms with van der Waals surface area (Å²) in [6, 6.07) is 11.7. The van der Waals surface area contributed by atoms with Gasteiger partial charge in [0.15, 0.2) is 4.80 Å². The largest absolute Gasteiger partial charge is 0.466 e. The maximum absolute atomic E-state index is 13.8. The molecule has 184 valence electrons. The van der Waals surface area contributed by atoms with Gasteiger partial charge in [-0.3, -0.25) is 9.36 Å². The zero-order chi connectivity index (χ0) is 25.7. The van der Waals surface area contributed by atoms with Crippen molar-refractivity contribution < 1.29 is 9.53 Å². The molecule has 1 atom stereocenters. The Bertz CT molecular complexity index is 1720. The molecule has 0 aliphatic carbocycles. The normalized spacial score (nSPS) is 15.7. The molecule has 3 aromatic heterocycles. The summed E-state index contributed by atoms with van der Waals surface area (Å²) in [5.41, 5.74) is 7.55. The summed E-state index contributed by atoms with van der Waals surface area (Å²) >= 11 is 2.85. The van der Waals surface area contributed by atoms with Gasteiger partial charge in [0.2, 0.25) is 0 Å². The SMILES string of the molecule is COC(=O)C1=C(C)N=c2sc(=Cc3cc(C)n(-c4cccc(C)c4C)c3C)c(=O)n2C1c1cccs1. The number of esters is 1. The van der Waals surface area contributed by atoms with Crippen LogP contribution in [0.3, 0.4) is 0 Å². The van der Waals surface area contributed by atoms with E-state index >= 15 is 0 Å². The number of fused-ring (bicyclic) bond motifs is 1. The van der Waals surface area contributed by atoms with Crippen LogP contribution in [0, 0.1) is 27.7 Å². The van der Waals surface area contributed by atoms with Gasteiger partial charge >= 0.3 is 5.97 Å². The van der Waals surface area contributed by atoms with E-state index in [1.54, 1.807) is 11.5 Å². The number of aromatic nitrogens is 2. The van der Waals surface area contributed by atoms with Crippen LogP contribution in [0.2, 0.25) is 0 Å². The second-order valence-electron chi connectivity index (χ2n) is 8.97. The minimum atomic E-state index is -0.557. The van der Waals surface area contributed by atoms with Gasteiger partial charge in [-0.1, -0.05) is 29.5 Å². The van der Waals surface area contributed by atoms with Crippen molar-refractivity contribution in [3.63, 3.8) is 0 Å². The zero-order valence-electron chi connectivity index (χ0n) is 21.1. The highest BCUT2D eigenvalue weighted by atomic mass is 32.1. The number of benzene rings is 1. The summed E-state index contributed by atoms with van der Waals surface area (Å²) in [7, 11) is 1.35. The van der Waals surface area contributed by atoms with Crippen molar-refractivity contribution in [2.75, 3.05) is 7.11 Å². The number of carbonyl (C=O) groups excluding carboxylic acids is 1. The maximum atomic E-state index is 13.8. The van der Waals surface area contributed by atoms with Crippen LogP contribution in [0.5, 0.6) is 0 Å². The van der Waals surface area contributed by atoms with Crippen molar-refractivity contribution in [2.45, 2.75) is 40.7 Å². The number of methoxy groups -OCH3 is 1. The highest BCUT2D eigenvalue weighted by Gasteiger charge is 2.33. The van der Waals surface area contributed by atoms with Gasteiger partial charge < -0.3 is 9.30 Å². The third-order valence-electron chi connectivity index (χ3n) is 6.81. The van der Waals surface area contributed by atoms with E-state index in [0.717, 1.165) is 27.5 Å². The molecule has 5 rings (SSSR count). The third kappa shape index (κ3) is 3.81. The fourth-order valence-electron chi connectivity index (χ4n) is 4.83. The molecule has 8 heteroatoms. The summed E-state index contributed by atoms with van der Waals surface area (Å²) in [6.45, 7) is 10.2. The average Bonchev–Trinajstić information content (AvgIpc) is 3.55. The van der Waals surface area contributed by atoms with E-state index in [0.29, 0.717) is 20.6 Å². The molecule has 1 aliphatic rings. The van der Waals surface area contributed by atoms with E-state index in [1.165, 1.54) is 40.9 Å². The number of aryl methyl sites for hydroxylation is 2. The van der Waals surface area contributed by atoms with E-state index in [4.69, 9.17) is 4.74 Å². The maximum Gasteiger partial charge on any atom is 0.338 e. The quantitative estimate of drug-likeness (QED) is 0.375. The first-order chi connectivity index (χ1) is 17.2. The molecular formula is C28H27N3O3S2. The number of thiophene rings is 1. The Morgan fingerprint density at radius 2 is 1.89 bits per heavy atom. The molecule has 6 nitrogen and oxygen atoms in total. The van der Waals surface area contributed by atoms with E-state index in [2.05, 4.69) is 61.5 Å². The van der Waals surface area contributed by atoms with Crippen molar-refractivity contribution in [2.24, 2.45) is 4.99 Å². The van der Waals surface area contributed by atoms with Crippen molar-refractivity contribution in [3.8, 4) is 5.69 Å². The van der Waals surface area contributed by atoms with Crippen molar-refractivity contribution in [1.82, 2.24) is 9.13 Å². The highest BCUT2D eigenvalue weighted by Crippen LogP contribution is 2.33. The number of nitrogens with zero attached hydrogens (tertiary/aromatic N) is 3. The molecule has 0 saturated carbocycles. The fourth-order valence-corrected chi connectivity index (χ4v) is 6.69. The molecule has 0 N–H and O–H groups in total. The highest BCUT2D eigenvalue weighted by molar-refractivity contribution is 7.10. The lowest BCUT2D eigenvalue weighted by Crippen LogP contribution is -2.39. The third-order valence-corrected chi connectivity index (χ3v) is 8.72. The number of rotatable bonds is 4. The first kappa shape index (κ1) is 24.2. The topological polar surface area (TPSA) is 65.6 Å². The first-order valence-electron chi connectivity index (χ1n) is 11.6. The molecule has 0 spiro atoms. The Kier molecular flexibility index (Phi) is 6.18. The minimum Gasteiger partial charge on any atom is -0.466 e. The summed E-state index contributed by atoms with van der Waals surface area (Å²) in [4.78, 5) is 32.6. The number of carbonyl (C=O) groups is 1. The Morgan fingerprint density at radius 3 is 2.58 bits per heavy atom. The molecule has 0 bridgehead atoms. The van der Waals surface area contributed by atoms with Crippen LogP contribution >= 0.6 is 22.7 Å². The van der Waals surface area contributed by atoms with Crippen molar-refractivity contribution in [3.05, 3.63) is 106 Å². The molecular weight excluding hydrogens is 490 g/mol. The Labute approximate surface area is 217 Å². The summed E-state index contributed by atoms with van der Waals surface area (Å²) in [5, 5.41) is 1.94. The Balaban J connectivity index is 1.70. The molecule has 36 heavy (non-hydrogen) atoms. The van der Waals surface area contributed by atoms with Crippen LogP contribution < -0.4 is 14.9 Å². The molecule has 0 radical (unpaired) electrons. The number of allylic oxidation sites excluding steroid dienone is 1. The Morgan fingerprint density at radius 1 is 1.11 bits per heavy atom. The molecule has 4 heterocycles. The van der Waals surface area contributed by atoms with E-state index < -0.39 is 12.0 Å². The molecule has 0 amide bonds. The molecule has 1 aromatic carbocycles. The van der Waals surface area contributed by atoms with Crippen LogP contribution in [0.25, 0.3) is 11.8 Å². The lowest BCUT2D eigenvalue weighted by Gasteiger charge is -2.22. The molecule has 1 unspecified atom stereocenters. The van der Waals surface area contributed by atoms with Crippen molar-refractivity contribution >= 4 is 34.7 Å². The second kappa shape index (κ2) is 9.19. The van der Waals surface area contributed by atoms with Gasteiger partial charge in [0.25, 0.3) is 5.56 Å². The Hall–Kier alpha value is -3.49. The predicted octanol–water partition coefficient (Wildman–Crippen LogP) is 4.49. The molecule has 0 saturated heterocycles. The number of thiazole rings is 1. The minimum absolute atomic E-state index is 0.164. The van der Waals surface area contributed by atoms with Gasteiger partial charge in [0.1, 0.15) is 6.04 Å². The van der Waals surface area contributed by atoms with Gasteiger partial charge in [-0.05, 0) is 81.0 Å². The van der Waals surface area contributed by atoms with Gasteiger partial charge in [0.05, 0.1) is 22.9 Å². The van der Waals surface area contributed by atoms with Gasteiger partial charge in [-0.15, -0.1) is 11.3 Å². The second-order valence-corrected chi connectivity index (χ2v) is 11.0. The van der Waals surface area contributed by atoms with Crippen LogP contribution in [0.4, 0.5) is 0 Å². The lowest BCUT2D eigenvalue weighted by molar-refractivity contribution is -0.136. The fraction of sp³-hybridized carbons (Fsp3) is 0.250. The standard InChI is InChI=1S/C28H27N3O3S2/c1-15-9-7-10-21(17(15)3)30-16(2)13-20(19(30)5)14-23-26(32)31-25(22-11-8-12-35-22)24(27(33)34-6)18(4)29-28(31)36-23/h7-14,25H,1-6H3. The van der Waals surface area contributed by atoms with Crippen LogP contribution in [0.15, 0.2) is 62.8 Å². The van der Waals surface area contributed by atoms with Crippen molar-refractivity contribution in [1.29, 1.82) is 0 Å². The molecule has 0 fully saturated rings.